The summed E-state index contributed by atoms with van der Waals surface area (Å²) in [4.78, 5) is 12.0. The van der Waals surface area contributed by atoms with Crippen LogP contribution in [0.15, 0.2) is 10.5 Å². The molecule has 0 bridgehead atoms. The zero-order valence-electron chi connectivity index (χ0n) is 18.0. The highest BCUT2D eigenvalue weighted by molar-refractivity contribution is 9.10. The Kier molecular flexibility index (Phi) is 6.60. The van der Waals surface area contributed by atoms with Crippen LogP contribution in [-0.2, 0) is 14.9 Å². The second kappa shape index (κ2) is 8.30. The van der Waals surface area contributed by atoms with E-state index in [0.717, 1.165) is 0 Å². The van der Waals surface area contributed by atoms with E-state index in [-0.39, 0.29) is 30.1 Å². The Morgan fingerprint density at radius 2 is 1.64 bits per heavy atom. The molecule has 2 atom stereocenters. The van der Waals surface area contributed by atoms with E-state index >= 15 is 0 Å². The van der Waals surface area contributed by atoms with Crippen molar-refractivity contribution in [3.05, 3.63) is 16.1 Å². The summed E-state index contributed by atoms with van der Waals surface area (Å²) < 4.78 is 151. The van der Waals surface area contributed by atoms with Crippen molar-refractivity contribution in [1.29, 1.82) is 0 Å². The molecular weight excluding hydrogens is 607 g/mol. The molecule has 1 saturated carbocycles. The fourth-order valence-electron chi connectivity index (χ4n) is 4.31. The number of rotatable bonds is 5. The Morgan fingerprint density at radius 1 is 1.08 bits per heavy atom. The third-order valence-corrected chi connectivity index (χ3v) is 8.19. The van der Waals surface area contributed by atoms with Crippen molar-refractivity contribution >= 4 is 31.8 Å². The van der Waals surface area contributed by atoms with Gasteiger partial charge in [0.25, 0.3) is 0 Å². The molecule has 0 aromatic heterocycles. The molecule has 17 heteroatoms. The van der Waals surface area contributed by atoms with Crippen LogP contribution in [0.2, 0.25) is 0 Å². The van der Waals surface area contributed by atoms with Crippen LogP contribution in [0.1, 0.15) is 44.6 Å². The van der Waals surface area contributed by atoms with Crippen molar-refractivity contribution < 1.29 is 66.8 Å². The lowest BCUT2D eigenvalue weighted by atomic mass is 9.66. The van der Waals surface area contributed by atoms with Gasteiger partial charge < -0.3 is 14.0 Å². The molecule has 2 aliphatic rings. The van der Waals surface area contributed by atoms with Crippen LogP contribution in [-0.4, -0.2) is 48.2 Å². The molecule has 0 spiro atoms. The third kappa shape index (κ3) is 4.09. The first-order valence-corrected chi connectivity index (χ1v) is 12.1. The fourth-order valence-corrected chi connectivity index (χ4v) is 5.74. The summed E-state index contributed by atoms with van der Waals surface area (Å²) in [6.07, 6.45) is -6.78. The molecule has 1 aromatic rings. The highest BCUT2D eigenvalue weighted by Gasteiger charge is 2.86. The van der Waals surface area contributed by atoms with Gasteiger partial charge in [0.2, 0.25) is 0 Å². The zero-order chi connectivity index (χ0) is 27.9. The van der Waals surface area contributed by atoms with Crippen LogP contribution < -0.4 is 8.92 Å². The maximum Gasteiger partial charge on any atom is 0.460 e. The molecule has 0 saturated heterocycles. The molecular formula is C19H16BrF9O6S. The van der Waals surface area contributed by atoms with E-state index in [1.807, 2.05) is 0 Å². The van der Waals surface area contributed by atoms with Gasteiger partial charge in [0.1, 0.15) is 27.4 Å². The number of alkyl halides is 9. The average Bonchev–Trinajstić information content (AvgIpc) is 2.69. The molecule has 1 fully saturated rings. The van der Waals surface area contributed by atoms with E-state index in [1.54, 1.807) is 13.8 Å². The fraction of sp³-hybridized carbons (Fsp3) is 0.632. The summed E-state index contributed by atoms with van der Waals surface area (Å²) in [6.45, 7) is 3.13. The lowest BCUT2D eigenvalue weighted by molar-refractivity contribution is -0.382. The largest absolute Gasteiger partial charge is 0.506 e. The van der Waals surface area contributed by atoms with Crippen molar-refractivity contribution in [1.82, 2.24) is 0 Å². The van der Waals surface area contributed by atoms with Crippen LogP contribution in [0.3, 0.4) is 0 Å². The van der Waals surface area contributed by atoms with Gasteiger partial charge in [0, 0.05) is 36.3 Å². The Balaban J connectivity index is 2.09. The standard InChI is InChI=1S/C19H16BrF9O6S/c1-15(2)9-4-3-7(30)5-8(9)12-10(34-15)6-11(13(20)14(12)31)35-36(32,33)19(28,29)17(23,24)16(21,22)18(25,26)27/h6,8-9,31H,3-5H2,1-2H3/t8-,9-/m1/s1. The quantitative estimate of drug-likeness (QED) is 0.324. The molecule has 6 nitrogen and oxygen atoms in total. The van der Waals surface area contributed by atoms with E-state index in [1.165, 1.54) is 0 Å². The molecule has 1 N–H and O–H groups in total. The van der Waals surface area contributed by atoms with Gasteiger partial charge in [-0.3, -0.25) is 4.79 Å². The van der Waals surface area contributed by atoms with E-state index in [4.69, 9.17) is 4.74 Å². The number of hydrogen-bond donors (Lipinski definition) is 1. The second-order valence-electron chi connectivity index (χ2n) is 8.85. The Bertz CT molecular complexity index is 1200. The zero-order valence-corrected chi connectivity index (χ0v) is 20.4. The van der Waals surface area contributed by atoms with Gasteiger partial charge in [-0.05, 0) is 36.2 Å². The van der Waals surface area contributed by atoms with Gasteiger partial charge in [-0.15, -0.1) is 0 Å². The number of halogens is 10. The van der Waals surface area contributed by atoms with Crippen molar-refractivity contribution in [3.63, 3.8) is 0 Å². The molecule has 1 heterocycles. The normalized spacial score (nSPS) is 22.9. The molecule has 1 aliphatic carbocycles. The summed E-state index contributed by atoms with van der Waals surface area (Å²) in [6, 6.07) is 0.545. The minimum Gasteiger partial charge on any atom is -0.506 e. The SMILES string of the molecule is CC1(C)Oc2cc(OS(=O)(=O)C(F)(F)C(F)(F)C(F)(F)C(F)(F)F)c(Br)c(O)c2[C@@H]2CC(=O)CC[C@H]21. The average molecular weight is 623 g/mol. The monoisotopic (exact) mass is 622 g/mol. The van der Waals surface area contributed by atoms with Gasteiger partial charge in [-0.25, -0.2) is 0 Å². The smallest absolute Gasteiger partial charge is 0.460 e. The Hall–Kier alpha value is -1.91. The number of phenols is 1. The van der Waals surface area contributed by atoms with Crippen molar-refractivity contribution in [2.45, 2.75) is 67.9 Å². The van der Waals surface area contributed by atoms with Crippen molar-refractivity contribution in [2.75, 3.05) is 0 Å². The van der Waals surface area contributed by atoms with E-state index < -0.39 is 66.6 Å². The molecule has 3 rings (SSSR count). The van der Waals surface area contributed by atoms with Crippen molar-refractivity contribution in [3.8, 4) is 17.2 Å². The van der Waals surface area contributed by atoms with E-state index in [0.29, 0.717) is 12.5 Å². The number of carbonyl (C=O) groups excluding carboxylic acids is 1. The topological polar surface area (TPSA) is 89.9 Å². The third-order valence-electron chi connectivity index (χ3n) is 6.14. The minimum absolute atomic E-state index is 0.0651. The second-order valence-corrected chi connectivity index (χ2v) is 11.2. The van der Waals surface area contributed by atoms with Crippen LogP contribution in [0.4, 0.5) is 39.5 Å². The number of benzene rings is 1. The molecule has 0 radical (unpaired) electrons. The van der Waals surface area contributed by atoms with E-state index in [9.17, 15) is 57.8 Å². The molecule has 204 valence electrons. The molecule has 36 heavy (non-hydrogen) atoms. The molecule has 1 aliphatic heterocycles. The van der Waals surface area contributed by atoms with Gasteiger partial charge in [0.15, 0.2) is 5.75 Å². The summed E-state index contributed by atoms with van der Waals surface area (Å²) in [5, 5.41) is 3.51. The summed E-state index contributed by atoms with van der Waals surface area (Å²) >= 11 is 2.62. The highest BCUT2D eigenvalue weighted by atomic mass is 79.9. The lowest BCUT2D eigenvalue weighted by Crippen LogP contribution is -2.63. The molecule has 0 unspecified atom stereocenters. The predicted molar refractivity (Wildman–Crippen MR) is 106 cm³/mol. The number of aromatic hydroxyl groups is 1. The van der Waals surface area contributed by atoms with Crippen LogP contribution in [0.5, 0.6) is 17.2 Å². The summed E-state index contributed by atoms with van der Waals surface area (Å²) in [5.41, 5.74) is -1.13. The van der Waals surface area contributed by atoms with Crippen LogP contribution in [0, 0.1) is 5.92 Å². The minimum atomic E-state index is -7.49. The number of hydrogen-bond acceptors (Lipinski definition) is 6. The van der Waals surface area contributed by atoms with Gasteiger partial charge >= 0.3 is 33.4 Å². The first-order chi connectivity index (χ1) is 16.0. The molecule has 1 aromatic carbocycles. The summed E-state index contributed by atoms with van der Waals surface area (Å²) in [5.74, 6) is -18.9. The lowest BCUT2D eigenvalue weighted by Gasteiger charge is -2.47. The van der Waals surface area contributed by atoms with Gasteiger partial charge in [0.05, 0.1) is 0 Å². The Morgan fingerprint density at radius 3 is 2.17 bits per heavy atom. The van der Waals surface area contributed by atoms with E-state index in [2.05, 4.69) is 20.1 Å². The number of ketones is 1. The van der Waals surface area contributed by atoms with Gasteiger partial charge in [-0.1, -0.05) is 0 Å². The van der Waals surface area contributed by atoms with Crippen LogP contribution >= 0.6 is 15.9 Å². The number of fused-ring (bicyclic) bond motifs is 3. The van der Waals surface area contributed by atoms with Gasteiger partial charge in [-0.2, -0.15) is 47.9 Å². The predicted octanol–water partition coefficient (Wildman–Crippen LogP) is 5.91. The maximum atomic E-state index is 14.1. The van der Waals surface area contributed by atoms with Crippen LogP contribution in [0.25, 0.3) is 0 Å². The first kappa shape index (κ1) is 28.7. The molecule has 0 amide bonds. The highest BCUT2D eigenvalue weighted by Crippen LogP contribution is 2.58. The maximum absolute atomic E-state index is 14.1. The number of Topliss-reactive ketones (excluding diaryl/α,β-unsaturated/α-hetero) is 1. The summed E-state index contributed by atoms with van der Waals surface area (Å²) in [7, 11) is -7.25. The first-order valence-electron chi connectivity index (χ1n) is 9.90. The van der Waals surface area contributed by atoms with Crippen molar-refractivity contribution in [2.24, 2.45) is 5.92 Å². The number of phenolic OH excluding ortho intramolecular Hbond substituents is 1. The Labute approximate surface area is 206 Å². The number of ether oxygens (including phenoxy) is 1. The number of carbonyl (C=O) groups is 1.